The molecule has 4 heteroatoms. The summed E-state index contributed by atoms with van der Waals surface area (Å²) in [4.78, 5) is 6.61. The Hall–Kier alpha value is -3.11. The van der Waals surface area contributed by atoms with Crippen molar-refractivity contribution in [1.29, 1.82) is 0 Å². The van der Waals surface area contributed by atoms with Crippen LogP contribution in [0.25, 0.3) is 0 Å². The maximum absolute atomic E-state index is 11.7. The van der Waals surface area contributed by atoms with E-state index in [-0.39, 0.29) is 0 Å². The normalized spacial score (nSPS) is 20.2. The highest BCUT2D eigenvalue weighted by molar-refractivity contribution is 6.05. The molecule has 0 saturated carbocycles. The predicted octanol–water partition coefficient (Wildman–Crippen LogP) is 3.53. The lowest BCUT2D eigenvalue weighted by atomic mass is 9.93. The second kappa shape index (κ2) is 6.25. The van der Waals surface area contributed by atoms with Gasteiger partial charge in [-0.25, -0.2) is 0 Å². The minimum absolute atomic E-state index is 0.496. The number of para-hydroxylation sites is 1. The molecule has 2 aliphatic rings. The average Bonchev–Trinajstić information content (AvgIpc) is 3.31. The third-order valence-corrected chi connectivity index (χ3v) is 5.28. The summed E-state index contributed by atoms with van der Waals surface area (Å²) in [5.74, 6) is 1.74. The topological polar surface area (TPSA) is 45.1 Å². The molecule has 0 amide bonds. The van der Waals surface area contributed by atoms with Gasteiger partial charge in [0.25, 0.3) is 0 Å². The first-order chi connectivity index (χ1) is 13.3. The van der Waals surface area contributed by atoms with Crippen LogP contribution in [0.3, 0.4) is 0 Å². The maximum Gasteiger partial charge on any atom is 0.193 e. The molecule has 2 aliphatic heterocycles. The van der Waals surface area contributed by atoms with Gasteiger partial charge in [-0.3, -0.25) is 4.99 Å². The van der Waals surface area contributed by atoms with Gasteiger partial charge < -0.3 is 14.7 Å². The van der Waals surface area contributed by atoms with E-state index >= 15 is 0 Å². The van der Waals surface area contributed by atoms with Crippen molar-refractivity contribution in [1.82, 2.24) is 4.90 Å². The molecule has 134 valence electrons. The molecule has 3 aromatic carbocycles. The summed E-state index contributed by atoms with van der Waals surface area (Å²) in [5, 5.41) is 11.7. The van der Waals surface area contributed by atoms with Crippen LogP contribution in [0.2, 0.25) is 0 Å². The molecule has 0 spiro atoms. The summed E-state index contributed by atoms with van der Waals surface area (Å²) in [6.45, 7) is 1.93. The van der Waals surface area contributed by atoms with Crippen molar-refractivity contribution in [2.24, 2.45) is 4.99 Å². The quantitative estimate of drug-likeness (QED) is 0.778. The molecule has 3 aromatic rings. The number of hydrogen-bond donors (Lipinski definition) is 1. The van der Waals surface area contributed by atoms with E-state index in [0.717, 1.165) is 46.9 Å². The summed E-state index contributed by atoms with van der Waals surface area (Å²) >= 11 is 0. The first-order valence-electron chi connectivity index (χ1n) is 9.18. The number of ether oxygens (including phenoxy) is 1. The Morgan fingerprint density at radius 3 is 2.48 bits per heavy atom. The van der Waals surface area contributed by atoms with Gasteiger partial charge in [0, 0.05) is 23.2 Å². The van der Waals surface area contributed by atoms with E-state index < -0.39 is 5.72 Å². The van der Waals surface area contributed by atoms with Crippen LogP contribution >= 0.6 is 0 Å². The maximum atomic E-state index is 11.7. The number of benzene rings is 3. The van der Waals surface area contributed by atoms with Crippen LogP contribution < -0.4 is 4.74 Å². The largest absolute Gasteiger partial charge is 0.489 e. The van der Waals surface area contributed by atoms with E-state index in [1.165, 1.54) is 0 Å². The number of aliphatic imine (C=N–C) groups is 1. The number of aliphatic hydroxyl groups is 1. The van der Waals surface area contributed by atoms with Gasteiger partial charge in [-0.2, -0.15) is 0 Å². The number of fused-ring (bicyclic) bond motifs is 3. The second-order valence-electron chi connectivity index (χ2n) is 6.87. The number of hydrogen-bond acceptors (Lipinski definition) is 4. The summed E-state index contributed by atoms with van der Waals surface area (Å²) in [7, 11) is 0. The molecule has 0 radical (unpaired) electrons. The highest BCUT2D eigenvalue weighted by Gasteiger charge is 2.49. The van der Waals surface area contributed by atoms with Crippen LogP contribution in [-0.4, -0.2) is 28.9 Å². The molecular weight excluding hydrogens is 336 g/mol. The Labute approximate surface area is 158 Å². The van der Waals surface area contributed by atoms with Gasteiger partial charge in [0.1, 0.15) is 18.2 Å². The second-order valence-corrected chi connectivity index (χ2v) is 6.87. The van der Waals surface area contributed by atoms with Gasteiger partial charge >= 0.3 is 0 Å². The van der Waals surface area contributed by atoms with E-state index in [0.29, 0.717) is 6.61 Å². The third-order valence-electron chi connectivity index (χ3n) is 5.28. The zero-order valence-electron chi connectivity index (χ0n) is 14.9. The Kier molecular flexibility index (Phi) is 3.73. The van der Waals surface area contributed by atoms with Gasteiger partial charge in [0.05, 0.1) is 6.54 Å². The summed E-state index contributed by atoms with van der Waals surface area (Å²) in [6.07, 6.45) is 0. The molecule has 1 N–H and O–H groups in total. The number of nitrogens with zero attached hydrogens (tertiary/aromatic N) is 2. The fourth-order valence-electron chi connectivity index (χ4n) is 3.95. The predicted molar refractivity (Wildman–Crippen MR) is 105 cm³/mol. The highest BCUT2D eigenvalue weighted by Crippen LogP contribution is 2.43. The van der Waals surface area contributed by atoms with Crippen molar-refractivity contribution in [3.63, 3.8) is 0 Å². The molecule has 27 heavy (non-hydrogen) atoms. The van der Waals surface area contributed by atoms with Gasteiger partial charge in [-0.05, 0) is 17.7 Å². The fraction of sp³-hybridized carbons (Fsp3) is 0.174. The molecule has 0 fully saturated rings. The van der Waals surface area contributed by atoms with Crippen molar-refractivity contribution in [2.45, 2.75) is 12.3 Å². The van der Waals surface area contributed by atoms with Crippen LogP contribution in [0, 0.1) is 0 Å². The van der Waals surface area contributed by atoms with Gasteiger partial charge in [0.2, 0.25) is 0 Å². The third kappa shape index (κ3) is 2.53. The lowest BCUT2D eigenvalue weighted by Crippen LogP contribution is -2.43. The van der Waals surface area contributed by atoms with E-state index in [1.807, 2.05) is 83.8 Å². The van der Waals surface area contributed by atoms with E-state index in [2.05, 4.69) is 4.99 Å². The first-order valence-corrected chi connectivity index (χ1v) is 9.18. The monoisotopic (exact) mass is 356 g/mol. The van der Waals surface area contributed by atoms with Crippen molar-refractivity contribution in [2.75, 3.05) is 13.1 Å². The van der Waals surface area contributed by atoms with Crippen molar-refractivity contribution in [3.05, 3.63) is 101 Å². The Bertz CT molecular complexity index is 998. The summed E-state index contributed by atoms with van der Waals surface area (Å²) in [6, 6.07) is 25.8. The first kappa shape index (κ1) is 16.1. The zero-order valence-corrected chi connectivity index (χ0v) is 14.9. The van der Waals surface area contributed by atoms with Crippen LogP contribution in [0.15, 0.2) is 83.9 Å². The lowest BCUT2D eigenvalue weighted by molar-refractivity contribution is -0.0242. The van der Waals surface area contributed by atoms with E-state index in [9.17, 15) is 5.11 Å². The average molecular weight is 356 g/mol. The van der Waals surface area contributed by atoms with Crippen molar-refractivity contribution in [3.8, 4) is 5.75 Å². The van der Waals surface area contributed by atoms with E-state index in [1.54, 1.807) is 0 Å². The molecule has 0 aromatic heterocycles. The highest BCUT2D eigenvalue weighted by atomic mass is 16.5. The van der Waals surface area contributed by atoms with Crippen LogP contribution in [-0.2, 0) is 12.3 Å². The zero-order chi connectivity index (χ0) is 18.3. The molecule has 2 heterocycles. The Balaban J connectivity index is 1.44. The molecule has 0 bridgehead atoms. The van der Waals surface area contributed by atoms with Crippen molar-refractivity contribution >= 4 is 5.84 Å². The van der Waals surface area contributed by atoms with Crippen LogP contribution in [0.1, 0.15) is 22.3 Å². The van der Waals surface area contributed by atoms with Crippen LogP contribution in [0.4, 0.5) is 0 Å². The molecule has 1 atom stereocenters. The number of rotatable bonds is 4. The minimum atomic E-state index is -1.16. The molecule has 0 aliphatic carbocycles. The summed E-state index contributed by atoms with van der Waals surface area (Å²) < 4.78 is 5.82. The lowest BCUT2D eigenvalue weighted by Gasteiger charge is -2.34. The molecule has 0 saturated heterocycles. The van der Waals surface area contributed by atoms with E-state index in [4.69, 9.17) is 4.74 Å². The number of amidine groups is 1. The van der Waals surface area contributed by atoms with Gasteiger partial charge in [-0.15, -0.1) is 0 Å². The standard InChI is InChI=1S/C23H20N2O2/c26-23(21-9-5-4-8-20(21)22-24-14-15-25(22)23)18-12-10-17(11-13-18)16-27-19-6-2-1-3-7-19/h1-13,26H,14-16H2. The molecule has 5 rings (SSSR count). The molecule has 4 nitrogen and oxygen atoms in total. The molecule has 1 unspecified atom stereocenters. The van der Waals surface area contributed by atoms with Crippen molar-refractivity contribution < 1.29 is 9.84 Å². The SMILES string of the molecule is OC1(c2ccc(COc3ccccc3)cc2)c2ccccc2C2=NCCN21. The Morgan fingerprint density at radius 2 is 1.67 bits per heavy atom. The van der Waals surface area contributed by atoms with Gasteiger partial charge in [-0.1, -0.05) is 66.7 Å². The summed E-state index contributed by atoms with van der Waals surface area (Å²) in [5.41, 5.74) is 2.68. The molecular formula is C23H20N2O2. The fourth-order valence-corrected chi connectivity index (χ4v) is 3.95. The smallest absolute Gasteiger partial charge is 0.193 e. The van der Waals surface area contributed by atoms with Crippen LogP contribution in [0.5, 0.6) is 5.75 Å². The van der Waals surface area contributed by atoms with Gasteiger partial charge in [0.15, 0.2) is 5.72 Å². The minimum Gasteiger partial charge on any atom is -0.489 e. The Morgan fingerprint density at radius 1 is 0.926 bits per heavy atom.